The summed E-state index contributed by atoms with van der Waals surface area (Å²) in [6.07, 6.45) is 4.46. The maximum Gasteiger partial charge on any atom is 0.292 e. The molecule has 0 aliphatic heterocycles. The lowest BCUT2D eigenvalue weighted by Gasteiger charge is -2.50. The molecule has 0 spiro atoms. The number of nitrogens with zero attached hydrogens (tertiary/aromatic N) is 6. The van der Waals surface area contributed by atoms with Crippen LogP contribution in [-0.2, 0) is 69.5 Å². The molecular formula is C40H52N10O12. The molecule has 22 heteroatoms. The van der Waals surface area contributed by atoms with E-state index in [0.717, 1.165) is 28.1 Å². The summed E-state index contributed by atoms with van der Waals surface area (Å²) in [7, 11) is 5.29. The average Bonchev–Trinajstić information content (AvgIpc) is 3.20. The number of aryl methyl sites for hydroxylation is 4. The molecule has 4 rings (SSSR count). The van der Waals surface area contributed by atoms with Crippen molar-refractivity contribution in [3.63, 3.8) is 0 Å². The van der Waals surface area contributed by atoms with Gasteiger partial charge in [-0.25, -0.2) is 0 Å². The van der Waals surface area contributed by atoms with Gasteiger partial charge in [-0.05, 0) is 64.8 Å². The maximum absolute atomic E-state index is 13.8. The first-order valence-corrected chi connectivity index (χ1v) is 18.9. The molecule has 0 radical (unpaired) electrons. The molecule has 0 fully saturated rings. The molecule has 0 saturated heterocycles. The van der Waals surface area contributed by atoms with Gasteiger partial charge in [0.05, 0.1) is 0 Å². The molecule has 0 saturated carbocycles. The minimum atomic E-state index is -2.36. The predicted molar refractivity (Wildman–Crippen MR) is 222 cm³/mol. The Labute approximate surface area is 353 Å². The fourth-order valence-electron chi connectivity index (χ4n) is 8.01. The van der Waals surface area contributed by atoms with E-state index in [-0.39, 0.29) is 12.8 Å². The van der Waals surface area contributed by atoms with Gasteiger partial charge in [0.15, 0.2) is 23.0 Å². The van der Waals surface area contributed by atoms with Crippen molar-refractivity contribution in [3.05, 3.63) is 113 Å². The topological polar surface area (TPSA) is 348 Å². The monoisotopic (exact) mass is 864 g/mol. The molecule has 12 N–H and O–H groups in total. The van der Waals surface area contributed by atoms with Crippen LogP contribution in [0.15, 0.2) is 68.2 Å². The van der Waals surface area contributed by atoms with Crippen LogP contribution in [0.25, 0.3) is 0 Å². The SMILES string of the molecule is Cn1ccc(C(C)(C(N)=O)N(CCCCN(C(C)(C(N)=O)c2ccn(C)c(=O)c2O)C(C)(C(N)=O)c2ccn(C)c(=O)c2O)C(C)(C(N)=O)c2ccn(C)c(=O)c2O)c(O)c1=O. The quantitative estimate of drug-likeness (QED) is 0.0513. The van der Waals surface area contributed by atoms with Crippen LogP contribution in [-0.4, -0.2) is 85.2 Å². The molecule has 0 aromatic carbocycles. The number of nitrogens with two attached hydrogens (primary N) is 4. The normalized spacial score (nSPS) is 15.6. The number of unbranched alkanes of at least 4 members (excludes halogenated alkanes) is 1. The van der Waals surface area contributed by atoms with Crippen LogP contribution in [0.4, 0.5) is 0 Å². The molecule has 0 aliphatic carbocycles. The first-order valence-electron chi connectivity index (χ1n) is 18.9. The number of pyridine rings is 4. The molecule has 4 atom stereocenters. The fraction of sp³-hybridized carbons (Fsp3) is 0.400. The lowest BCUT2D eigenvalue weighted by molar-refractivity contribution is -0.147. The van der Waals surface area contributed by atoms with Crippen molar-refractivity contribution in [2.45, 2.75) is 62.7 Å². The number of primary amides is 4. The van der Waals surface area contributed by atoms with Gasteiger partial charge in [0.2, 0.25) is 23.6 Å². The zero-order chi connectivity index (χ0) is 47.2. The highest BCUT2D eigenvalue weighted by Gasteiger charge is 2.56. The highest BCUT2D eigenvalue weighted by Crippen LogP contribution is 2.46. The summed E-state index contributed by atoms with van der Waals surface area (Å²) >= 11 is 0. The largest absolute Gasteiger partial charge is 0.503 e. The van der Waals surface area contributed by atoms with Crippen molar-refractivity contribution < 1.29 is 39.6 Å². The van der Waals surface area contributed by atoms with Crippen molar-refractivity contribution in [2.75, 3.05) is 13.1 Å². The van der Waals surface area contributed by atoms with Crippen LogP contribution < -0.4 is 45.2 Å². The van der Waals surface area contributed by atoms with Crippen LogP contribution in [0.1, 0.15) is 62.8 Å². The minimum absolute atomic E-state index is 0.214. The number of hydrogen-bond acceptors (Lipinski definition) is 14. The van der Waals surface area contributed by atoms with E-state index < -0.39 is 126 Å². The molecule has 22 nitrogen and oxygen atoms in total. The van der Waals surface area contributed by atoms with E-state index in [1.165, 1.54) is 105 Å². The van der Waals surface area contributed by atoms with Crippen LogP contribution in [0.2, 0.25) is 0 Å². The standard InChI is InChI=1S/C40H52N10O12/c1-37(33(41)59,21-11-17-45(5)29(55)25(21)51)49(38(2,34(42)60)22-12-18-46(6)30(56)26(22)52)15-9-10-16-50(39(3,35(43)61)23-13-19-47(7)31(57)27(23)53)40(4,36(44)62)24-14-20-48(8)32(58)28(24)54/h11-14,17-20,51-54H,9-10,15-16H2,1-8H3,(H2,41,59)(H2,42,60)(H2,43,61)(H2,44,62). The van der Waals surface area contributed by atoms with Gasteiger partial charge in [0.1, 0.15) is 22.2 Å². The third kappa shape index (κ3) is 7.25. The third-order valence-electron chi connectivity index (χ3n) is 12.2. The Kier molecular flexibility index (Phi) is 12.8. The Bertz CT molecular complexity index is 2380. The smallest absolute Gasteiger partial charge is 0.292 e. The van der Waals surface area contributed by atoms with Gasteiger partial charge in [-0.3, -0.25) is 48.2 Å². The second-order valence-electron chi connectivity index (χ2n) is 15.7. The Balaban J connectivity index is 2.03. The van der Waals surface area contributed by atoms with Crippen molar-refractivity contribution >= 4 is 23.6 Å². The van der Waals surface area contributed by atoms with Crippen molar-refractivity contribution in [1.29, 1.82) is 0 Å². The molecule has 0 bridgehead atoms. The molecule has 4 aromatic rings. The third-order valence-corrected chi connectivity index (χ3v) is 12.2. The summed E-state index contributed by atoms with van der Waals surface area (Å²) in [5.41, 5.74) is 9.43. The van der Waals surface area contributed by atoms with Crippen molar-refractivity contribution in [1.82, 2.24) is 28.1 Å². The van der Waals surface area contributed by atoms with Crippen molar-refractivity contribution in [3.8, 4) is 23.0 Å². The predicted octanol–water partition coefficient (Wildman–Crippen LogP) is -2.41. The molecule has 4 unspecified atom stereocenters. The Morgan fingerprint density at radius 3 is 0.790 bits per heavy atom. The lowest BCUT2D eigenvalue weighted by atomic mass is 9.79. The Morgan fingerprint density at radius 2 is 0.629 bits per heavy atom. The molecule has 334 valence electrons. The van der Waals surface area contributed by atoms with Crippen LogP contribution >= 0.6 is 0 Å². The molecule has 0 aliphatic rings. The number of rotatable bonds is 17. The number of carbonyl (C=O) groups is 4. The van der Waals surface area contributed by atoms with Crippen LogP contribution in [0.3, 0.4) is 0 Å². The van der Waals surface area contributed by atoms with E-state index in [4.69, 9.17) is 22.9 Å². The fourth-order valence-corrected chi connectivity index (χ4v) is 8.01. The molecule has 4 amide bonds. The van der Waals surface area contributed by atoms with E-state index >= 15 is 0 Å². The van der Waals surface area contributed by atoms with Gasteiger partial charge < -0.3 is 61.6 Å². The van der Waals surface area contributed by atoms with Crippen molar-refractivity contribution in [2.24, 2.45) is 51.1 Å². The second-order valence-corrected chi connectivity index (χ2v) is 15.7. The van der Waals surface area contributed by atoms with Crippen LogP contribution in [0, 0.1) is 0 Å². The highest BCUT2D eigenvalue weighted by atomic mass is 16.3. The number of carbonyl (C=O) groups excluding carboxylic acids is 4. The van der Waals surface area contributed by atoms with E-state index in [2.05, 4.69) is 0 Å². The summed E-state index contributed by atoms with van der Waals surface area (Å²) in [6, 6.07) is 4.80. The lowest BCUT2D eigenvalue weighted by Crippen LogP contribution is -2.65. The van der Waals surface area contributed by atoms with Crippen LogP contribution in [0.5, 0.6) is 23.0 Å². The van der Waals surface area contributed by atoms with Gasteiger partial charge >= 0.3 is 0 Å². The number of aromatic nitrogens is 4. The second kappa shape index (κ2) is 16.7. The average molecular weight is 865 g/mol. The number of hydrogen-bond donors (Lipinski definition) is 8. The zero-order valence-corrected chi connectivity index (χ0v) is 35.5. The molecule has 4 aromatic heterocycles. The summed E-state index contributed by atoms with van der Waals surface area (Å²) in [5.74, 6) is -8.69. The maximum atomic E-state index is 13.8. The number of amides is 4. The summed E-state index contributed by atoms with van der Waals surface area (Å²) in [6.45, 7) is 3.76. The first kappa shape index (κ1) is 47.5. The zero-order valence-electron chi connectivity index (χ0n) is 35.5. The van der Waals surface area contributed by atoms with E-state index in [9.17, 15) is 58.8 Å². The van der Waals surface area contributed by atoms with E-state index in [0.29, 0.717) is 0 Å². The minimum Gasteiger partial charge on any atom is -0.503 e. The summed E-state index contributed by atoms with van der Waals surface area (Å²) in [5, 5.41) is 44.9. The summed E-state index contributed by atoms with van der Waals surface area (Å²) in [4.78, 5) is 110. The Hall–Kier alpha value is -7.20. The van der Waals surface area contributed by atoms with Gasteiger partial charge in [0, 0.05) is 88.3 Å². The van der Waals surface area contributed by atoms with Gasteiger partial charge in [-0.2, -0.15) is 0 Å². The summed E-state index contributed by atoms with van der Waals surface area (Å²) < 4.78 is 4.02. The molecule has 62 heavy (non-hydrogen) atoms. The number of aromatic hydroxyl groups is 4. The highest BCUT2D eigenvalue weighted by molar-refractivity contribution is 5.92. The molecular weight excluding hydrogens is 812 g/mol. The van der Waals surface area contributed by atoms with E-state index in [1.807, 2.05) is 0 Å². The molecule has 4 heterocycles. The van der Waals surface area contributed by atoms with Gasteiger partial charge in [-0.15, -0.1) is 0 Å². The van der Waals surface area contributed by atoms with E-state index in [1.54, 1.807) is 0 Å². The van der Waals surface area contributed by atoms with Gasteiger partial charge in [-0.1, -0.05) is 0 Å². The first-order chi connectivity index (χ1) is 28.6. The van der Waals surface area contributed by atoms with Gasteiger partial charge in [0.25, 0.3) is 22.2 Å². The Morgan fingerprint density at radius 1 is 0.452 bits per heavy atom.